The molecule has 0 radical (unpaired) electrons. The quantitative estimate of drug-likeness (QED) is 0.874. The third-order valence-corrected chi connectivity index (χ3v) is 2.62. The van der Waals surface area contributed by atoms with Crippen LogP contribution in [0, 0.1) is 11.3 Å². The van der Waals surface area contributed by atoms with Crippen molar-refractivity contribution in [1.82, 2.24) is 0 Å². The molecule has 86 valence electrons. The van der Waals surface area contributed by atoms with Crippen molar-refractivity contribution in [2.75, 3.05) is 12.4 Å². The highest BCUT2D eigenvalue weighted by atomic mass is 16.5. The first-order chi connectivity index (χ1) is 8.22. The van der Waals surface area contributed by atoms with E-state index in [1.165, 1.54) is 0 Å². The number of nitrogens with zero attached hydrogens (tertiary/aromatic N) is 1. The van der Waals surface area contributed by atoms with Crippen molar-refractivity contribution >= 4 is 16.5 Å². The van der Waals surface area contributed by atoms with Crippen LogP contribution in [0.3, 0.4) is 0 Å². The Hall–Kier alpha value is -2.21. The zero-order chi connectivity index (χ0) is 12.3. The summed E-state index contributed by atoms with van der Waals surface area (Å²) in [6.45, 7) is 1.83. The lowest BCUT2D eigenvalue weighted by molar-refractivity contribution is 0.415. The van der Waals surface area contributed by atoms with Crippen molar-refractivity contribution in [3.8, 4) is 11.8 Å². The molecule has 0 saturated heterocycles. The van der Waals surface area contributed by atoms with E-state index in [2.05, 4.69) is 11.4 Å². The Balaban J connectivity index is 2.35. The highest BCUT2D eigenvalue weighted by molar-refractivity contribution is 5.87. The molecule has 0 saturated carbocycles. The van der Waals surface area contributed by atoms with Gasteiger partial charge in [-0.15, -0.1) is 0 Å². The number of hydrogen-bond donors (Lipinski definition) is 1. The van der Waals surface area contributed by atoms with Gasteiger partial charge in [-0.1, -0.05) is 12.1 Å². The summed E-state index contributed by atoms with van der Waals surface area (Å²) in [5.41, 5.74) is 0.955. The molecule has 3 nitrogen and oxygen atoms in total. The molecular formula is C14H14N2O. The molecule has 3 heteroatoms. The van der Waals surface area contributed by atoms with Crippen LogP contribution in [0.4, 0.5) is 5.69 Å². The highest BCUT2D eigenvalue weighted by Gasteiger charge is 2.01. The molecule has 0 fully saturated rings. The van der Waals surface area contributed by atoms with Gasteiger partial charge in [0.05, 0.1) is 13.2 Å². The maximum Gasteiger partial charge on any atom is 0.119 e. The third-order valence-electron chi connectivity index (χ3n) is 2.62. The molecule has 0 aliphatic rings. The van der Waals surface area contributed by atoms with Gasteiger partial charge >= 0.3 is 0 Å². The first-order valence-corrected chi connectivity index (χ1v) is 5.47. The molecule has 0 spiro atoms. The summed E-state index contributed by atoms with van der Waals surface area (Å²) >= 11 is 0. The molecule has 1 N–H and O–H groups in total. The second kappa shape index (κ2) is 4.75. The van der Waals surface area contributed by atoms with Gasteiger partial charge in [-0.3, -0.25) is 0 Å². The average Bonchev–Trinajstić information content (AvgIpc) is 2.38. The van der Waals surface area contributed by atoms with Crippen molar-refractivity contribution in [3.63, 3.8) is 0 Å². The second-order valence-corrected chi connectivity index (χ2v) is 3.92. The number of nitriles is 1. The third kappa shape index (κ3) is 2.48. The fourth-order valence-electron chi connectivity index (χ4n) is 1.72. The fourth-order valence-corrected chi connectivity index (χ4v) is 1.72. The predicted molar refractivity (Wildman–Crippen MR) is 69.2 cm³/mol. The Morgan fingerprint density at radius 2 is 1.88 bits per heavy atom. The number of benzene rings is 2. The zero-order valence-electron chi connectivity index (χ0n) is 9.90. The minimum Gasteiger partial charge on any atom is -0.497 e. The lowest BCUT2D eigenvalue weighted by Gasteiger charge is -2.09. The van der Waals surface area contributed by atoms with Crippen LogP contribution in [0.15, 0.2) is 36.4 Å². The molecule has 17 heavy (non-hydrogen) atoms. The van der Waals surface area contributed by atoms with Crippen LogP contribution in [0.5, 0.6) is 5.75 Å². The van der Waals surface area contributed by atoms with E-state index >= 15 is 0 Å². The molecule has 0 bridgehead atoms. The van der Waals surface area contributed by atoms with Crippen LogP contribution in [0.1, 0.15) is 6.92 Å². The minimum atomic E-state index is -0.189. The van der Waals surface area contributed by atoms with Crippen molar-refractivity contribution in [2.24, 2.45) is 0 Å². The van der Waals surface area contributed by atoms with Crippen LogP contribution < -0.4 is 10.1 Å². The van der Waals surface area contributed by atoms with E-state index in [-0.39, 0.29) is 6.04 Å². The molecular weight excluding hydrogens is 212 g/mol. The van der Waals surface area contributed by atoms with Gasteiger partial charge in [0.15, 0.2) is 0 Å². The van der Waals surface area contributed by atoms with Crippen LogP contribution in [-0.2, 0) is 0 Å². The number of nitrogens with one attached hydrogen (secondary N) is 1. The van der Waals surface area contributed by atoms with Crippen LogP contribution in [0.2, 0.25) is 0 Å². The summed E-state index contributed by atoms with van der Waals surface area (Å²) in [6, 6.07) is 13.9. The summed E-state index contributed by atoms with van der Waals surface area (Å²) in [7, 11) is 1.66. The van der Waals surface area contributed by atoms with Gasteiger partial charge in [0.1, 0.15) is 11.8 Å². The van der Waals surface area contributed by atoms with Crippen LogP contribution in [0.25, 0.3) is 10.8 Å². The lowest BCUT2D eigenvalue weighted by Crippen LogP contribution is -2.11. The van der Waals surface area contributed by atoms with Crippen LogP contribution in [-0.4, -0.2) is 13.2 Å². The molecule has 2 aromatic rings. The Kier molecular flexibility index (Phi) is 3.15. The zero-order valence-corrected chi connectivity index (χ0v) is 9.90. The number of rotatable bonds is 3. The molecule has 1 unspecified atom stereocenters. The standard InChI is InChI=1S/C14H14N2O/c1-10(9-15)16-13-5-3-12-8-14(17-2)6-4-11(12)7-13/h3-8,10,16H,1-2H3. The van der Waals surface area contributed by atoms with E-state index < -0.39 is 0 Å². The fraction of sp³-hybridized carbons (Fsp3) is 0.214. The number of methoxy groups -OCH3 is 1. The van der Waals surface area contributed by atoms with Crippen LogP contribution >= 0.6 is 0 Å². The largest absolute Gasteiger partial charge is 0.497 e. The summed E-state index contributed by atoms with van der Waals surface area (Å²) in [6.07, 6.45) is 0. The van der Waals surface area contributed by atoms with Gasteiger partial charge in [-0.05, 0) is 42.0 Å². The minimum absolute atomic E-state index is 0.189. The second-order valence-electron chi connectivity index (χ2n) is 3.92. The summed E-state index contributed by atoms with van der Waals surface area (Å²) in [5.74, 6) is 0.851. The van der Waals surface area contributed by atoms with Gasteiger partial charge in [0.25, 0.3) is 0 Å². The smallest absolute Gasteiger partial charge is 0.119 e. The topological polar surface area (TPSA) is 45.0 Å². The average molecular weight is 226 g/mol. The molecule has 2 aromatic carbocycles. The van der Waals surface area contributed by atoms with E-state index in [4.69, 9.17) is 10.00 Å². The van der Waals surface area contributed by atoms with Gasteiger partial charge < -0.3 is 10.1 Å². The predicted octanol–water partition coefficient (Wildman–Crippen LogP) is 3.17. The van der Waals surface area contributed by atoms with E-state index in [1.54, 1.807) is 7.11 Å². The molecule has 0 aromatic heterocycles. The number of hydrogen-bond acceptors (Lipinski definition) is 3. The van der Waals surface area contributed by atoms with Gasteiger partial charge in [0.2, 0.25) is 0 Å². The SMILES string of the molecule is COc1ccc2cc(NC(C)C#N)ccc2c1. The number of anilines is 1. The first kappa shape index (κ1) is 11.3. The van der Waals surface area contributed by atoms with Gasteiger partial charge in [-0.25, -0.2) is 0 Å². The van der Waals surface area contributed by atoms with Crippen molar-refractivity contribution in [2.45, 2.75) is 13.0 Å². The number of fused-ring (bicyclic) bond motifs is 1. The summed E-state index contributed by atoms with van der Waals surface area (Å²) in [4.78, 5) is 0. The molecule has 1 atom stereocenters. The molecule has 0 amide bonds. The van der Waals surface area contributed by atoms with E-state index in [9.17, 15) is 0 Å². The van der Waals surface area contributed by atoms with Crippen molar-refractivity contribution in [1.29, 1.82) is 5.26 Å². The highest BCUT2D eigenvalue weighted by Crippen LogP contribution is 2.23. The normalized spacial score (nSPS) is 11.8. The maximum atomic E-state index is 8.75. The van der Waals surface area contributed by atoms with Gasteiger partial charge in [0, 0.05) is 5.69 Å². The van der Waals surface area contributed by atoms with E-state index in [1.807, 2.05) is 43.3 Å². The monoisotopic (exact) mass is 226 g/mol. The Labute approximate surface area is 101 Å². The van der Waals surface area contributed by atoms with Gasteiger partial charge in [-0.2, -0.15) is 5.26 Å². The van der Waals surface area contributed by atoms with E-state index in [0.29, 0.717) is 0 Å². The Bertz CT molecular complexity index is 572. The van der Waals surface area contributed by atoms with Crippen molar-refractivity contribution < 1.29 is 4.74 Å². The number of ether oxygens (including phenoxy) is 1. The lowest BCUT2D eigenvalue weighted by atomic mass is 10.1. The van der Waals surface area contributed by atoms with Crippen molar-refractivity contribution in [3.05, 3.63) is 36.4 Å². The summed E-state index contributed by atoms with van der Waals surface area (Å²) < 4.78 is 5.18. The maximum absolute atomic E-state index is 8.75. The molecule has 0 heterocycles. The summed E-state index contributed by atoms with van der Waals surface area (Å²) in [5, 5.41) is 14.1. The first-order valence-electron chi connectivity index (χ1n) is 5.47. The molecule has 0 aliphatic carbocycles. The molecule has 0 aliphatic heterocycles. The Morgan fingerprint density at radius 3 is 2.59 bits per heavy atom. The molecule has 2 rings (SSSR count). The Morgan fingerprint density at radius 1 is 1.18 bits per heavy atom. The van der Waals surface area contributed by atoms with E-state index in [0.717, 1.165) is 22.2 Å².